The molecule has 1 unspecified atom stereocenters. The zero-order valence-electron chi connectivity index (χ0n) is 18.9. The van der Waals surface area contributed by atoms with Crippen LogP contribution in [0.15, 0.2) is 63.5 Å². The fraction of sp³-hybridized carbons (Fsp3) is 0.240. The Kier molecular flexibility index (Phi) is 6.46. The minimum absolute atomic E-state index is 0.0913. The lowest BCUT2D eigenvalue weighted by Gasteiger charge is -2.24. The van der Waals surface area contributed by atoms with E-state index in [1.54, 1.807) is 43.3 Å². The molecule has 3 aromatic rings. The van der Waals surface area contributed by atoms with Crippen LogP contribution in [0.25, 0.3) is 6.08 Å². The van der Waals surface area contributed by atoms with Crippen molar-refractivity contribution in [2.75, 3.05) is 27.1 Å². The summed E-state index contributed by atoms with van der Waals surface area (Å²) in [5.74, 6) is 0.745. The normalized spacial score (nSPS) is 16.8. The quantitative estimate of drug-likeness (QED) is 0.373. The lowest BCUT2D eigenvalue weighted by atomic mass is 9.96. The second-order valence-electron chi connectivity index (χ2n) is 7.87. The Morgan fingerprint density at radius 3 is 2.74 bits per heavy atom. The fourth-order valence-electron chi connectivity index (χ4n) is 3.99. The number of allylic oxidation sites excluding steroid dienone is 1. The van der Waals surface area contributed by atoms with Crippen LogP contribution in [-0.4, -0.2) is 37.7 Å². The Morgan fingerprint density at radius 2 is 1.97 bits per heavy atom. The predicted molar refractivity (Wildman–Crippen MR) is 131 cm³/mol. The number of carbonyl (C=O) groups is 1. The van der Waals surface area contributed by atoms with Gasteiger partial charge in [0, 0.05) is 12.1 Å². The zero-order valence-corrected chi connectivity index (χ0v) is 20.5. The molecule has 0 amide bonds. The first-order valence-corrected chi connectivity index (χ1v) is 12.0. The summed E-state index contributed by atoms with van der Waals surface area (Å²) >= 11 is 7.36. The molecule has 1 atom stereocenters. The summed E-state index contributed by atoms with van der Waals surface area (Å²) in [5, 5.41) is 0.550. The van der Waals surface area contributed by atoms with E-state index >= 15 is 0 Å². The molecule has 2 aromatic carbocycles. The SMILES string of the molecule is COCCOC(=O)C1=C(C)N=c2sc(=Cc3ccc4c(c3)OCO4)c(=O)n2C1c1ccc(Cl)cc1. The highest BCUT2D eigenvalue weighted by Crippen LogP contribution is 2.33. The van der Waals surface area contributed by atoms with Crippen LogP contribution >= 0.6 is 22.9 Å². The van der Waals surface area contributed by atoms with Gasteiger partial charge in [-0.1, -0.05) is 41.1 Å². The van der Waals surface area contributed by atoms with Crippen molar-refractivity contribution in [3.63, 3.8) is 0 Å². The molecule has 0 bridgehead atoms. The number of esters is 1. The number of rotatable bonds is 6. The largest absolute Gasteiger partial charge is 0.460 e. The highest BCUT2D eigenvalue weighted by atomic mass is 35.5. The molecule has 0 saturated carbocycles. The molecule has 5 rings (SSSR count). The molecule has 8 nitrogen and oxygen atoms in total. The van der Waals surface area contributed by atoms with Gasteiger partial charge in [0.1, 0.15) is 6.61 Å². The third kappa shape index (κ3) is 4.50. The van der Waals surface area contributed by atoms with Gasteiger partial charge in [-0.2, -0.15) is 0 Å². The second-order valence-corrected chi connectivity index (χ2v) is 9.32. The number of hydrogen-bond donors (Lipinski definition) is 0. The molecule has 0 saturated heterocycles. The van der Waals surface area contributed by atoms with Gasteiger partial charge in [-0.15, -0.1) is 0 Å². The number of benzene rings is 2. The molecule has 0 spiro atoms. The summed E-state index contributed by atoms with van der Waals surface area (Å²) in [4.78, 5) is 31.8. The van der Waals surface area contributed by atoms with Gasteiger partial charge < -0.3 is 18.9 Å². The van der Waals surface area contributed by atoms with Crippen LogP contribution in [0.1, 0.15) is 24.1 Å². The van der Waals surface area contributed by atoms with Crippen LogP contribution in [0.5, 0.6) is 11.5 Å². The average Bonchev–Trinajstić information content (AvgIpc) is 3.43. The Bertz CT molecular complexity index is 1510. The van der Waals surface area contributed by atoms with Gasteiger partial charge in [-0.25, -0.2) is 9.79 Å². The van der Waals surface area contributed by atoms with Crippen LogP contribution < -0.4 is 24.4 Å². The van der Waals surface area contributed by atoms with Gasteiger partial charge in [0.2, 0.25) is 6.79 Å². The number of ether oxygens (including phenoxy) is 4. The van der Waals surface area contributed by atoms with Crippen molar-refractivity contribution in [2.45, 2.75) is 13.0 Å². The highest BCUT2D eigenvalue weighted by Gasteiger charge is 2.33. The summed E-state index contributed by atoms with van der Waals surface area (Å²) in [6.45, 7) is 2.27. The van der Waals surface area contributed by atoms with E-state index in [1.165, 1.54) is 23.0 Å². The summed E-state index contributed by atoms with van der Waals surface area (Å²) in [5.41, 5.74) is 2.03. The number of methoxy groups -OCH3 is 1. The lowest BCUT2D eigenvalue weighted by Crippen LogP contribution is -2.40. The lowest BCUT2D eigenvalue weighted by molar-refractivity contribution is -0.140. The van der Waals surface area contributed by atoms with Crippen molar-refractivity contribution in [2.24, 2.45) is 4.99 Å². The van der Waals surface area contributed by atoms with Crippen LogP contribution in [0, 0.1) is 0 Å². The van der Waals surface area contributed by atoms with Gasteiger partial charge in [0.05, 0.1) is 28.5 Å². The van der Waals surface area contributed by atoms with Crippen molar-refractivity contribution >= 4 is 35.0 Å². The number of fused-ring (bicyclic) bond motifs is 2. The number of thiazole rings is 1. The van der Waals surface area contributed by atoms with Crippen LogP contribution in [0.3, 0.4) is 0 Å². The highest BCUT2D eigenvalue weighted by molar-refractivity contribution is 7.07. The molecule has 10 heteroatoms. The van der Waals surface area contributed by atoms with Crippen molar-refractivity contribution in [1.82, 2.24) is 4.57 Å². The first-order chi connectivity index (χ1) is 17.0. The maximum Gasteiger partial charge on any atom is 0.338 e. The van der Waals surface area contributed by atoms with E-state index in [4.69, 9.17) is 30.5 Å². The third-order valence-corrected chi connectivity index (χ3v) is 6.88. The first kappa shape index (κ1) is 23.3. The second kappa shape index (κ2) is 9.69. The minimum atomic E-state index is -0.711. The first-order valence-electron chi connectivity index (χ1n) is 10.8. The van der Waals surface area contributed by atoms with E-state index in [9.17, 15) is 9.59 Å². The molecule has 0 fully saturated rings. The van der Waals surface area contributed by atoms with E-state index in [2.05, 4.69) is 4.99 Å². The Hall–Kier alpha value is -3.40. The number of halogens is 1. The molecular weight excluding hydrogens is 492 g/mol. The molecule has 2 aliphatic heterocycles. The zero-order chi connectivity index (χ0) is 24.5. The molecule has 35 heavy (non-hydrogen) atoms. The molecule has 0 aliphatic carbocycles. The van der Waals surface area contributed by atoms with Crippen LogP contribution in [0.2, 0.25) is 5.02 Å². The Morgan fingerprint density at radius 1 is 1.20 bits per heavy atom. The molecule has 0 N–H and O–H groups in total. The number of nitrogens with zero attached hydrogens (tertiary/aromatic N) is 2. The fourth-order valence-corrected chi connectivity index (χ4v) is 5.17. The van der Waals surface area contributed by atoms with Crippen molar-refractivity contribution in [3.8, 4) is 11.5 Å². The molecule has 1 aromatic heterocycles. The van der Waals surface area contributed by atoms with E-state index in [0.29, 0.717) is 37.1 Å². The summed E-state index contributed by atoms with van der Waals surface area (Å²) in [6, 6.07) is 11.8. The third-order valence-electron chi connectivity index (χ3n) is 5.64. The van der Waals surface area contributed by atoms with Gasteiger partial charge >= 0.3 is 5.97 Å². The maximum absolute atomic E-state index is 13.6. The Labute approximate surface area is 209 Å². The van der Waals surface area contributed by atoms with Gasteiger partial charge in [0.25, 0.3) is 5.56 Å². The monoisotopic (exact) mass is 512 g/mol. The Balaban J connectivity index is 1.63. The standard InChI is InChI=1S/C25H21ClN2O6S/c1-14-21(24(30)32-10-9-31-2)22(16-4-6-17(26)7-5-16)28-23(29)20(35-25(28)27-14)12-15-3-8-18-19(11-15)34-13-33-18/h3-8,11-12,22H,9-10,13H2,1-2H3. The molecule has 180 valence electrons. The van der Waals surface area contributed by atoms with Gasteiger partial charge in [-0.3, -0.25) is 9.36 Å². The number of carbonyl (C=O) groups excluding carboxylic acids is 1. The topological polar surface area (TPSA) is 88.4 Å². The van der Waals surface area contributed by atoms with E-state index in [1.807, 2.05) is 12.1 Å². The minimum Gasteiger partial charge on any atom is -0.460 e. The summed E-state index contributed by atoms with van der Waals surface area (Å²) < 4.78 is 23.2. The average molecular weight is 513 g/mol. The number of aromatic nitrogens is 1. The van der Waals surface area contributed by atoms with E-state index < -0.39 is 12.0 Å². The van der Waals surface area contributed by atoms with Crippen LogP contribution in [0.4, 0.5) is 0 Å². The predicted octanol–water partition coefficient (Wildman–Crippen LogP) is 2.81. The molecule has 0 radical (unpaired) electrons. The van der Waals surface area contributed by atoms with Crippen molar-refractivity contribution in [1.29, 1.82) is 0 Å². The summed E-state index contributed by atoms with van der Waals surface area (Å²) in [6.07, 6.45) is 1.78. The van der Waals surface area contributed by atoms with Gasteiger partial charge in [0.15, 0.2) is 16.3 Å². The van der Waals surface area contributed by atoms with E-state index in [0.717, 1.165) is 11.1 Å². The smallest absolute Gasteiger partial charge is 0.338 e. The molecule has 3 heterocycles. The van der Waals surface area contributed by atoms with Crippen molar-refractivity contribution < 1.29 is 23.7 Å². The van der Waals surface area contributed by atoms with E-state index in [-0.39, 0.29) is 25.6 Å². The number of hydrogen-bond acceptors (Lipinski definition) is 8. The summed E-state index contributed by atoms with van der Waals surface area (Å²) in [7, 11) is 1.53. The van der Waals surface area contributed by atoms with Crippen LogP contribution in [-0.2, 0) is 14.3 Å². The molecular formula is C25H21ClN2O6S. The van der Waals surface area contributed by atoms with Gasteiger partial charge in [-0.05, 0) is 48.4 Å². The molecule has 2 aliphatic rings. The maximum atomic E-state index is 13.6. The van der Waals surface area contributed by atoms with Crippen molar-refractivity contribution in [3.05, 3.63) is 89.6 Å².